The van der Waals surface area contributed by atoms with Gasteiger partial charge in [-0.05, 0) is 99.7 Å². The normalized spacial score (nSPS) is 34.6. The number of sulfonamides is 1. The van der Waals surface area contributed by atoms with Crippen molar-refractivity contribution >= 4 is 15.9 Å². The van der Waals surface area contributed by atoms with Crippen LogP contribution in [0.1, 0.15) is 75.1 Å². The van der Waals surface area contributed by atoms with Crippen LogP contribution in [0.25, 0.3) is 0 Å². The Hall–Kier alpha value is -1.40. The standard InChI is InChI=1S/C24H34N2O3S/c1-17(24-14-18-10-19(15-24)12-20(11-18)16-24)25-23(27)21-6-5-7-22(13-21)30(28,29)26-8-3-2-4-9-26/h5-7,13,17-20H,2-4,8-12,14-16H2,1H3,(H,25,27)/t17-,18?,19?,20?,24?/m1/s1. The lowest BCUT2D eigenvalue weighted by Crippen LogP contribution is -2.55. The van der Waals surface area contributed by atoms with Crippen molar-refractivity contribution in [3.05, 3.63) is 29.8 Å². The van der Waals surface area contributed by atoms with E-state index in [-0.39, 0.29) is 22.3 Å². The Bertz CT molecular complexity index is 885. The van der Waals surface area contributed by atoms with Gasteiger partial charge in [0.05, 0.1) is 4.90 Å². The van der Waals surface area contributed by atoms with Gasteiger partial charge in [-0.3, -0.25) is 4.79 Å². The molecule has 1 aliphatic heterocycles. The molecular formula is C24H34N2O3S. The number of nitrogens with one attached hydrogen (secondary N) is 1. The van der Waals surface area contributed by atoms with E-state index in [2.05, 4.69) is 12.2 Å². The van der Waals surface area contributed by atoms with Crippen LogP contribution in [0.15, 0.2) is 29.2 Å². The summed E-state index contributed by atoms with van der Waals surface area (Å²) in [6, 6.07) is 6.73. The quantitative estimate of drug-likeness (QED) is 0.761. The smallest absolute Gasteiger partial charge is 0.251 e. The lowest BCUT2D eigenvalue weighted by Gasteiger charge is -2.59. The highest BCUT2D eigenvalue weighted by Crippen LogP contribution is 2.61. The molecule has 4 saturated carbocycles. The van der Waals surface area contributed by atoms with Gasteiger partial charge in [0, 0.05) is 24.7 Å². The third kappa shape index (κ3) is 3.60. The fourth-order valence-corrected chi connectivity index (χ4v) is 8.76. The summed E-state index contributed by atoms with van der Waals surface area (Å²) in [6.45, 7) is 3.31. The highest BCUT2D eigenvalue weighted by molar-refractivity contribution is 7.89. The van der Waals surface area contributed by atoms with E-state index >= 15 is 0 Å². The first-order valence-corrected chi connectivity index (χ1v) is 13.2. The van der Waals surface area contributed by atoms with Gasteiger partial charge in [-0.15, -0.1) is 0 Å². The molecule has 0 unspecified atom stereocenters. The molecule has 4 bridgehead atoms. The molecule has 6 heteroatoms. The van der Waals surface area contributed by atoms with E-state index < -0.39 is 10.0 Å². The molecule has 1 saturated heterocycles. The van der Waals surface area contributed by atoms with Crippen LogP contribution in [-0.2, 0) is 10.0 Å². The molecule has 1 aromatic carbocycles. The summed E-state index contributed by atoms with van der Waals surface area (Å²) in [5, 5.41) is 3.26. The van der Waals surface area contributed by atoms with Crippen molar-refractivity contribution in [2.45, 2.75) is 75.6 Å². The Kier molecular flexibility index (Phi) is 5.21. The van der Waals surface area contributed by atoms with Gasteiger partial charge in [-0.1, -0.05) is 12.5 Å². The number of amides is 1. The molecule has 1 heterocycles. The zero-order chi connectivity index (χ0) is 20.9. The molecule has 1 amide bonds. The lowest BCUT2D eigenvalue weighted by atomic mass is 9.48. The van der Waals surface area contributed by atoms with Crippen molar-refractivity contribution in [3.63, 3.8) is 0 Å². The van der Waals surface area contributed by atoms with Gasteiger partial charge >= 0.3 is 0 Å². The number of hydrogen-bond acceptors (Lipinski definition) is 3. The van der Waals surface area contributed by atoms with Crippen LogP contribution in [0, 0.1) is 23.2 Å². The summed E-state index contributed by atoms with van der Waals surface area (Å²) in [5.74, 6) is 2.38. The number of benzene rings is 1. The minimum Gasteiger partial charge on any atom is -0.349 e. The molecule has 0 spiro atoms. The zero-order valence-electron chi connectivity index (χ0n) is 18.0. The Morgan fingerprint density at radius 2 is 1.63 bits per heavy atom. The first kappa shape index (κ1) is 20.5. The van der Waals surface area contributed by atoms with Crippen LogP contribution in [0.5, 0.6) is 0 Å². The average molecular weight is 431 g/mol. The molecule has 5 nitrogen and oxygen atoms in total. The maximum atomic E-state index is 13.1. The van der Waals surface area contributed by atoms with Gasteiger partial charge in [0.2, 0.25) is 10.0 Å². The van der Waals surface area contributed by atoms with Crippen LogP contribution in [0.2, 0.25) is 0 Å². The molecule has 1 N–H and O–H groups in total. The largest absolute Gasteiger partial charge is 0.349 e. The third-order valence-corrected chi connectivity index (χ3v) is 10.3. The molecule has 1 atom stereocenters. The monoisotopic (exact) mass is 430 g/mol. The van der Waals surface area contributed by atoms with Crippen LogP contribution < -0.4 is 5.32 Å². The number of nitrogens with zero attached hydrogens (tertiary/aromatic N) is 1. The summed E-state index contributed by atoms with van der Waals surface area (Å²) >= 11 is 0. The van der Waals surface area contributed by atoms with E-state index in [1.807, 2.05) is 0 Å². The summed E-state index contributed by atoms with van der Waals surface area (Å²) in [6.07, 6.45) is 10.8. The first-order valence-electron chi connectivity index (χ1n) is 11.8. The number of carbonyl (C=O) groups is 1. The Balaban J connectivity index is 1.31. The van der Waals surface area contributed by atoms with E-state index in [9.17, 15) is 13.2 Å². The molecule has 164 valence electrons. The van der Waals surface area contributed by atoms with Gasteiger partial charge in [-0.25, -0.2) is 8.42 Å². The predicted molar refractivity (Wildman–Crippen MR) is 117 cm³/mol. The molecule has 5 fully saturated rings. The van der Waals surface area contributed by atoms with E-state index in [4.69, 9.17) is 0 Å². The van der Waals surface area contributed by atoms with Crippen molar-refractivity contribution in [2.75, 3.05) is 13.1 Å². The van der Waals surface area contributed by atoms with Gasteiger partial charge < -0.3 is 5.32 Å². The Morgan fingerprint density at radius 1 is 1.03 bits per heavy atom. The Labute approximate surface area is 180 Å². The SMILES string of the molecule is C[C@@H](NC(=O)c1cccc(S(=O)(=O)N2CCCCC2)c1)C12CC3CC(CC(C3)C1)C2. The minimum absolute atomic E-state index is 0.126. The van der Waals surface area contributed by atoms with Crippen LogP contribution in [-0.4, -0.2) is 37.8 Å². The molecule has 30 heavy (non-hydrogen) atoms. The Morgan fingerprint density at radius 3 is 2.23 bits per heavy atom. The number of rotatable bonds is 5. The molecule has 0 aromatic heterocycles. The molecule has 1 aromatic rings. The number of piperidine rings is 1. The lowest BCUT2D eigenvalue weighted by molar-refractivity contribution is -0.0688. The zero-order valence-corrected chi connectivity index (χ0v) is 18.8. The fourth-order valence-electron chi connectivity index (χ4n) is 7.19. The molecule has 0 radical (unpaired) electrons. The highest BCUT2D eigenvalue weighted by Gasteiger charge is 2.53. The number of carbonyl (C=O) groups excluding carboxylic acids is 1. The summed E-state index contributed by atoms with van der Waals surface area (Å²) in [4.78, 5) is 13.3. The van der Waals surface area contributed by atoms with Gasteiger partial charge in [0.1, 0.15) is 0 Å². The second-order valence-electron chi connectivity index (χ2n) is 10.5. The highest BCUT2D eigenvalue weighted by atomic mass is 32.2. The van der Waals surface area contributed by atoms with E-state index in [1.165, 1.54) is 38.5 Å². The van der Waals surface area contributed by atoms with E-state index in [1.54, 1.807) is 28.6 Å². The van der Waals surface area contributed by atoms with Gasteiger partial charge in [0.15, 0.2) is 0 Å². The first-order chi connectivity index (χ1) is 14.4. The van der Waals surface area contributed by atoms with Crippen molar-refractivity contribution in [2.24, 2.45) is 23.2 Å². The van der Waals surface area contributed by atoms with Crippen LogP contribution in [0.3, 0.4) is 0 Å². The second kappa shape index (κ2) is 7.63. The van der Waals surface area contributed by atoms with Crippen LogP contribution >= 0.6 is 0 Å². The van der Waals surface area contributed by atoms with Gasteiger partial charge in [-0.2, -0.15) is 4.31 Å². The van der Waals surface area contributed by atoms with E-state index in [0.717, 1.165) is 37.0 Å². The maximum Gasteiger partial charge on any atom is 0.251 e. The predicted octanol–water partition coefficient (Wildman–Crippen LogP) is 4.20. The summed E-state index contributed by atoms with van der Waals surface area (Å²) < 4.78 is 27.6. The molecule has 6 rings (SSSR count). The molecule has 5 aliphatic rings. The maximum absolute atomic E-state index is 13.1. The minimum atomic E-state index is -3.53. The summed E-state index contributed by atoms with van der Waals surface area (Å²) in [5.41, 5.74) is 0.687. The van der Waals surface area contributed by atoms with E-state index in [0.29, 0.717) is 18.7 Å². The average Bonchev–Trinajstić information content (AvgIpc) is 2.73. The fraction of sp³-hybridized carbons (Fsp3) is 0.708. The topological polar surface area (TPSA) is 66.5 Å². The summed E-state index contributed by atoms with van der Waals surface area (Å²) in [7, 11) is -3.53. The van der Waals surface area contributed by atoms with Crippen LogP contribution in [0.4, 0.5) is 0 Å². The second-order valence-corrected chi connectivity index (χ2v) is 12.4. The van der Waals surface area contributed by atoms with Crippen molar-refractivity contribution < 1.29 is 13.2 Å². The third-order valence-electron chi connectivity index (χ3n) is 8.40. The number of hydrogen-bond donors (Lipinski definition) is 1. The van der Waals surface area contributed by atoms with Crippen molar-refractivity contribution in [1.29, 1.82) is 0 Å². The molecular weight excluding hydrogens is 396 g/mol. The molecule has 4 aliphatic carbocycles. The van der Waals surface area contributed by atoms with Gasteiger partial charge in [0.25, 0.3) is 5.91 Å². The van der Waals surface area contributed by atoms with Crippen molar-refractivity contribution in [1.82, 2.24) is 9.62 Å². The van der Waals surface area contributed by atoms with Crippen molar-refractivity contribution in [3.8, 4) is 0 Å².